The fourth-order valence-electron chi connectivity index (χ4n) is 2.59. The van der Waals surface area contributed by atoms with E-state index in [4.69, 9.17) is 4.74 Å². The first-order valence-corrected chi connectivity index (χ1v) is 9.74. The molecule has 1 aliphatic rings. The number of thioether (sulfide) groups is 1. The van der Waals surface area contributed by atoms with Crippen molar-refractivity contribution in [3.05, 3.63) is 46.5 Å². The average molecular weight is 361 g/mol. The first kappa shape index (κ1) is 17.0. The summed E-state index contributed by atoms with van der Waals surface area (Å²) in [6, 6.07) is 7.38. The van der Waals surface area contributed by atoms with Crippen LogP contribution >= 0.6 is 23.1 Å². The van der Waals surface area contributed by atoms with Gasteiger partial charge in [-0.25, -0.2) is 4.79 Å². The van der Waals surface area contributed by atoms with Crippen LogP contribution in [-0.2, 0) is 11.2 Å². The highest BCUT2D eigenvalue weighted by molar-refractivity contribution is 8.01. The quantitative estimate of drug-likeness (QED) is 0.813. The van der Waals surface area contributed by atoms with Crippen LogP contribution in [0.25, 0.3) is 0 Å². The summed E-state index contributed by atoms with van der Waals surface area (Å²) in [4.78, 5) is 24.9. The van der Waals surface area contributed by atoms with Crippen molar-refractivity contribution in [2.75, 3.05) is 17.7 Å². The van der Waals surface area contributed by atoms with Crippen LogP contribution in [0.15, 0.2) is 28.5 Å². The lowest BCUT2D eigenvalue weighted by Gasteiger charge is -2.12. The lowest BCUT2D eigenvalue weighted by Crippen LogP contribution is -2.15. The second-order valence-electron chi connectivity index (χ2n) is 5.56. The Balaban J connectivity index is 1.91. The normalized spacial score (nSPS) is 13.2. The molecule has 126 valence electrons. The minimum atomic E-state index is -0.350. The van der Waals surface area contributed by atoms with Gasteiger partial charge in [0.2, 0.25) is 0 Å². The van der Waals surface area contributed by atoms with Crippen LogP contribution in [0.4, 0.5) is 5.00 Å². The number of ether oxygens (including phenoxy) is 1. The Morgan fingerprint density at radius 1 is 1.25 bits per heavy atom. The second kappa shape index (κ2) is 7.40. The summed E-state index contributed by atoms with van der Waals surface area (Å²) in [5.74, 6) is 0.488. The van der Waals surface area contributed by atoms with Gasteiger partial charge in [0, 0.05) is 5.56 Å². The Hall–Kier alpha value is -1.79. The molecule has 24 heavy (non-hydrogen) atoms. The van der Waals surface area contributed by atoms with Crippen LogP contribution in [-0.4, -0.2) is 24.2 Å². The van der Waals surface area contributed by atoms with E-state index in [9.17, 15) is 9.59 Å². The molecule has 0 bridgehead atoms. The third-order valence-electron chi connectivity index (χ3n) is 3.79. The second-order valence-corrected chi connectivity index (χ2v) is 7.95. The molecule has 0 atom stereocenters. The molecule has 2 aromatic rings. The molecule has 6 heteroatoms. The highest BCUT2D eigenvalue weighted by Gasteiger charge is 2.27. The van der Waals surface area contributed by atoms with E-state index in [2.05, 4.69) is 5.32 Å². The number of anilines is 1. The summed E-state index contributed by atoms with van der Waals surface area (Å²) in [5.41, 5.74) is 3.23. The zero-order valence-corrected chi connectivity index (χ0v) is 15.3. The number of fused-ring (bicyclic) bond motifs is 1. The summed E-state index contributed by atoms with van der Waals surface area (Å²) < 4.78 is 6.32. The van der Waals surface area contributed by atoms with Crippen molar-refractivity contribution in [1.29, 1.82) is 0 Å². The summed E-state index contributed by atoms with van der Waals surface area (Å²) in [7, 11) is 0. The molecular formula is C18H19NO3S2. The maximum absolute atomic E-state index is 12.5. The van der Waals surface area contributed by atoms with E-state index < -0.39 is 0 Å². The third-order valence-corrected chi connectivity index (χ3v) is 6.34. The molecule has 0 radical (unpaired) electrons. The van der Waals surface area contributed by atoms with Gasteiger partial charge in [-0.3, -0.25) is 4.79 Å². The zero-order valence-electron chi connectivity index (χ0n) is 13.7. The third kappa shape index (κ3) is 3.49. The Bertz CT molecular complexity index is 765. The average Bonchev–Trinajstić information content (AvgIpc) is 2.93. The highest BCUT2D eigenvalue weighted by Crippen LogP contribution is 2.44. The van der Waals surface area contributed by atoms with E-state index in [1.54, 1.807) is 30.8 Å². The predicted octanol–water partition coefficient (Wildman–Crippen LogP) is 4.52. The van der Waals surface area contributed by atoms with Crippen molar-refractivity contribution in [3.8, 4) is 0 Å². The first-order valence-electron chi connectivity index (χ1n) is 7.93. The van der Waals surface area contributed by atoms with Crippen molar-refractivity contribution < 1.29 is 14.3 Å². The number of esters is 1. The largest absolute Gasteiger partial charge is 0.462 e. The molecule has 3 rings (SSSR count). The number of carbonyl (C=O) groups is 2. The maximum atomic E-state index is 12.5. The van der Waals surface area contributed by atoms with Gasteiger partial charge in [-0.1, -0.05) is 17.7 Å². The Labute approximate surface area is 149 Å². The molecule has 2 heterocycles. The smallest absolute Gasteiger partial charge is 0.341 e. The number of carbonyl (C=O) groups excluding carboxylic acids is 2. The van der Waals surface area contributed by atoms with Crippen molar-refractivity contribution in [1.82, 2.24) is 0 Å². The summed E-state index contributed by atoms with van der Waals surface area (Å²) in [6.07, 6.45) is 1.89. The van der Waals surface area contributed by atoms with E-state index in [0.717, 1.165) is 33.9 Å². The molecule has 4 nitrogen and oxygen atoms in total. The molecule has 1 aromatic carbocycles. The number of hydrogen-bond donors (Lipinski definition) is 1. The first-order chi connectivity index (χ1) is 11.6. The molecule has 1 aliphatic heterocycles. The van der Waals surface area contributed by atoms with Gasteiger partial charge >= 0.3 is 5.97 Å². The minimum Gasteiger partial charge on any atom is -0.462 e. The highest BCUT2D eigenvalue weighted by atomic mass is 32.2. The van der Waals surface area contributed by atoms with Crippen LogP contribution in [0.2, 0.25) is 0 Å². The topological polar surface area (TPSA) is 55.4 Å². The number of thiophene rings is 1. The van der Waals surface area contributed by atoms with Crippen LogP contribution in [0.5, 0.6) is 0 Å². The van der Waals surface area contributed by atoms with Crippen LogP contribution in [0, 0.1) is 6.92 Å². The SMILES string of the molecule is CCOC(=O)c1c(NC(=O)c2ccc(C)cc2)sc2c1CCCS2. The van der Waals surface area contributed by atoms with Gasteiger partial charge in [0.25, 0.3) is 5.91 Å². The van der Waals surface area contributed by atoms with Gasteiger partial charge in [0.15, 0.2) is 0 Å². The van der Waals surface area contributed by atoms with Crippen molar-refractivity contribution in [2.45, 2.75) is 30.9 Å². The van der Waals surface area contributed by atoms with Gasteiger partial charge in [-0.2, -0.15) is 0 Å². The molecule has 0 unspecified atom stereocenters. The van der Waals surface area contributed by atoms with Gasteiger partial charge < -0.3 is 10.1 Å². The minimum absolute atomic E-state index is 0.204. The summed E-state index contributed by atoms with van der Waals surface area (Å²) >= 11 is 3.22. The Morgan fingerprint density at radius 2 is 2.00 bits per heavy atom. The Morgan fingerprint density at radius 3 is 2.71 bits per heavy atom. The van der Waals surface area contributed by atoms with Crippen LogP contribution in [0.3, 0.4) is 0 Å². The Kier molecular flexibility index (Phi) is 5.26. The van der Waals surface area contributed by atoms with Crippen molar-refractivity contribution in [3.63, 3.8) is 0 Å². The van der Waals surface area contributed by atoms with Gasteiger partial charge in [0.1, 0.15) is 5.00 Å². The van der Waals surface area contributed by atoms with E-state index in [-0.39, 0.29) is 11.9 Å². The van der Waals surface area contributed by atoms with E-state index >= 15 is 0 Å². The standard InChI is InChI=1S/C18H19NO3S2/c1-3-22-17(21)14-13-5-4-10-23-18(13)24-16(14)19-15(20)12-8-6-11(2)7-9-12/h6-9H,3-5,10H2,1-2H3,(H,19,20). The summed E-state index contributed by atoms with van der Waals surface area (Å²) in [5, 5.41) is 3.50. The van der Waals surface area contributed by atoms with E-state index in [0.29, 0.717) is 22.7 Å². The fraction of sp³-hybridized carbons (Fsp3) is 0.333. The number of benzene rings is 1. The molecule has 0 spiro atoms. The van der Waals surface area contributed by atoms with Gasteiger partial charge in [-0.15, -0.1) is 23.1 Å². The number of amides is 1. The molecule has 0 fully saturated rings. The molecule has 1 aromatic heterocycles. The van der Waals surface area contributed by atoms with Gasteiger partial charge in [0.05, 0.1) is 16.4 Å². The molecule has 1 amide bonds. The number of aryl methyl sites for hydroxylation is 1. The molecule has 1 N–H and O–H groups in total. The number of nitrogens with one attached hydrogen (secondary N) is 1. The number of hydrogen-bond acceptors (Lipinski definition) is 5. The predicted molar refractivity (Wildman–Crippen MR) is 98.5 cm³/mol. The molecule has 0 aliphatic carbocycles. The fourth-order valence-corrected chi connectivity index (χ4v) is 5.14. The summed E-state index contributed by atoms with van der Waals surface area (Å²) in [6.45, 7) is 4.09. The van der Waals surface area contributed by atoms with Crippen LogP contribution < -0.4 is 5.32 Å². The van der Waals surface area contributed by atoms with Crippen LogP contribution in [0.1, 0.15) is 45.2 Å². The lowest BCUT2D eigenvalue weighted by molar-refractivity contribution is 0.0526. The molecule has 0 saturated carbocycles. The van der Waals surface area contributed by atoms with Gasteiger partial charge in [-0.05, 0) is 50.1 Å². The lowest BCUT2D eigenvalue weighted by atomic mass is 10.1. The molecule has 0 saturated heterocycles. The monoisotopic (exact) mass is 361 g/mol. The number of rotatable bonds is 4. The maximum Gasteiger partial charge on any atom is 0.341 e. The molecular weight excluding hydrogens is 342 g/mol. The zero-order chi connectivity index (χ0) is 17.1. The van der Waals surface area contributed by atoms with Crippen molar-refractivity contribution >= 4 is 40.0 Å². The van der Waals surface area contributed by atoms with E-state index in [1.165, 1.54) is 11.3 Å². The van der Waals surface area contributed by atoms with E-state index in [1.807, 2.05) is 19.1 Å². The van der Waals surface area contributed by atoms with Crippen molar-refractivity contribution in [2.24, 2.45) is 0 Å².